The molecule has 35 heavy (non-hydrogen) atoms. The summed E-state index contributed by atoms with van der Waals surface area (Å²) in [4.78, 5) is 13.5. The van der Waals surface area contributed by atoms with Crippen LogP contribution in [0.25, 0.3) is 0 Å². The Morgan fingerprint density at radius 1 is 1.06 bits per heavy atom. The lowest BCUT2D eigenvalue weighted by atomic mass is 10.0. The molecule has 2 aliphatic heterocycles. The topological polar surface area (TPSA) is 119 Å². The molecule has 0 aromatic heterocycles. The summed E-state index contributed by atoms with van der Waals surface area (Å²) in [7, 11) is 3.21. The molecule has 2 atom stereocenters. The molecule has 0 aromatic rings. The smallest absolute Gasteiger partial charge is 0.410 e. The van der Waals surface area contributed by atoms with Crippen molar-refractivity contribution in [2.75, 3.05) is 80.0 Å². The van der Waals surface area contributed by atoms with E-state index in [-0.39, 0.29) is 28.0 Å². The summed E-state index contributed by atoms with van der Waals surface area (Å²) in [6, 6.07) is 0. The van der Waals surface area contributed by atoms with Crippen molar-refractivity contribution in [3.8, 4) is 0 Å². The van der Waals surface area contributed by atoms with Crippen LogP contribution in [0.2, 0.25) is 0 Å². The molecule has 2 aliphatic rings. The van der Waals surface area contributed by atoms with Crippen molar-refractivity contribution < 1.29 is 40.1 Å². The molecule has 2 fully saturated rings. The van der Waals surface area contributed by atoms with Gasteiger partial charge in [-0.2, -0.15) is 0 Å². The Morgan fingerprint density at radius 3 is 2.11 bits per heavy atom. The van der Waals surface area contributed by atoms with Crippen LogP contribution in [0.5, 0.6) is 0 Å². The number of methoxy groups -OCH3 is 2. The minimum Gasteiger partial charge on any atom is -0.444 e. The van der Waals surface area contributed by atoms with Crippen molar-refractivity contribution in [1.29, 1.82) is 0 Å². The zero-order chi connectivity index (χ0) is 26.1. The summed E-state index contributed by atoms with van der Waals surface area (Å²) in [5, 5.41) is 23.5. The first-order valence-electron chi connectivity index (χ1n) is 12.2. The van der Waals surface area contributed by atoms with E-state index in [0.717, 1.165) is 6.54 Å². The Bertz CT molecular complexity index is 529. The van der Waals surface area contributed by atoms with Gasteiger partial charge in [-0.1, -0.05) is 28.7 Å². The number of aliphatic hydroxyl groups is 2. The quantitative estimate of drug-likeness (QED) is 0.492. The molecule has 0 saturated carbocycles. The van der Waals surface area contributed by atoms with Crippen molar-refractivity contribution in [3.05, 3.63) is 0 Å². The van der Waals surface area contributed by atoms with Crippen LogP contribution in [0, 0.1) is 0 Å². The van der Waals surface area contributed by atoms with E-state index in [1.165, 1.54) is 4.90 Å². The molecular weight excluding hydrogens is 456 g/mol. The van der Waals surface area contributed by atoms with Gasteiger partial charge in [0, 0.05) is 61.3 Å². The van der Waals surface area contributed by atoms with Crippen LogP contribution < -0.4 is 5.32 Å². The molecule has 0 bridgehead atoms. The number of rotatable bonds is 6. The second-order valence-electron chi connectivity index (χ2n) is 9.12. The zero-order valence-electron chi connectivity index (χ0n) is 22.5. The molecule has 3 N–H and O–H groups in total. The van der Waals surface area contributed by atoms with Gasteiger partial charge in [-0.25, -0.2) is 4.79 Å². The summed E-state index contributed by atoms with van der Waals surface area (Å²) in [6.45, 7) is 12.4. The Balaban J connectivity index is -0.000000554. The van der Waals surface area contributed by atoms with Gasteiger partial charge in [0.1, 0.15) is 16.8 Å². The average molecular weight is 514 g/mol. The first kappa shape index (κ1) is 36.1. The third-order valence-corrected chi connectivity index (χ3v) is 4.80. The zero-order valence-corrected chi connectivity index (χ0v) is 21.5. The molecule has 2 rings (SSSR count). The highest BCUT2D eigenvalue weighted by Crippen LogP contribution is 2.19. The van der Waals surface area contributed by atoms with E-state index in [9.17, 15) is 15.0 Å². The van der Waals surface area contributed by atoms with Gasteiger partial charge >= 0.3 is 6.09 Å². The monoisotopic (exact) mass is 513 g/mol. The Kier molecular flexibility index (Phi) is 20.8. The lowest BCUT2D eigenvalue weighted by molar-refractivity contribution is -0.0560. The van der Waals surface area contributed by atoms with Gasteiger partial charge < -0.3 is 44.1 Å². The van der Waals surface area contributed by atoms with E-state index in [0.29, 0.717) is 65.9 Å². The Hall–Kier alpha value is -1.01. The standard InChI is InChI=1S/C13H25NO5.C8H17NO3.C2H6.2CH4/c1-12(2,3)19-11(15)14-6-8-18-10-13(16,9-14)5-7-17-4;1-11-4-2-8(10)6-9-3-5-12-7-8;1-2;;/h16H,5-10H2,1-4H3;9-10H,2-7H2,1H3;1-2H3;2*1H4/i;;1D;;. The number of nitrogens with one attached hydrogen (secondary N) is 1. The SMILES string of the molecule is C.C.COCCC1(O)CNCCOC1.COCCC1(O)COCCN(C(=O)OC(C)(C)C)C1.[2H]CC. The molecular formula is C25H56N2O8. The molecule has 2 unspecified atom stereocenters. The van der Waals surface area contributed by atoms with Crippen LogP contribution in [0.3, 0.4) is 0 Å². The summed E-state index contributed by atoms with van der Waals surface area (Å²) in [6.07, 6.45) is 0.619. The van der Waals surface area contributed by atoms with Crippen LogP contribution in [-0.4, -0.2) is 118 Å². The van der Waals surface area contributed by atoms with E-state index < -0.39 is 22.9 Å². The average Bonchev–Trinajstić information content (AvgIpc) is 3.09. The summed E-state index contributed by atoms with van der Waals surface area (Å²) >= 11 is 0. The van der Waals surface area contributed by atoms with Crippen LogP contribution in [0.15, 0.2) is 0 Å². The lowest BCUT2D eigenvalue weighted by Gasteiger charge is -2.32. The molecule has 1 amide bonds. The number of hydrogen-bond acceptors (Lipinski definition) is 9. The number of carbonyl (C=O) groups excluding carboxylic acids is 1. The number of ether oxygens (including phenoxy) is 5. The van der Waals surface area contributed by atoms with Crippen LogP contribution in [-0.2, 0) is 23.7 Å². The fourth-order valence-corrected chi connectivity index (χ4v) is 3.07. The maximum atomic E-state index is 12.0. The molecule has 2 saturated heterocycles. The van der Waals surface area contributed by atoms with Crippen molar-refractivity contribution in [1.82, 2.24) is 10.2 Å². The highest BCUT2D eigenvalue weighted by molar-refractivity contribution is 5.68. The predicted molar refractivity (Wildman–Crippen MR) is 140 cm³/mol. The van der Waals surface area contributed by atoms with Crippen LogP contribution in [0.4, 0.5) is 4.79 Å². The first-order chi connectivity index (χ1) is 15.9. The first-order valence-corrected chi connectivity index (χ1v) is 11.5. The van der Waals surface area contributed by atoms with E-state index in [2.05, 4.69) is 5.32 Å². The minimum atomic E-state index is -1.08. The van der Waals surface area contributed by atoms with Crippen LogP contribution >= 0.6 is 0 Å². The fourth-order valence-electron chi connectivity index (χ4n) is 3.07. The van der Waals surface area contributed by atoms with Crippen molar-refractivity contribution in [3.63, 3.8) is 0 Å². The number of hydrogen-bond donors (Lipinski definition) is 3. The number of carbonyl (C=O) groups is 1. The van der Waals surface area contributed by atoms with Crippen LogP contribution in [0.1, 0.15) is 63.7 Å². The van der Waals surface area contributed by atoms with E-state index in [4.69, 9.17) is 25.1 Å². The van der Waals surface area contributed by atoms with Gasteiger partial charge in [-0.05, 0) is 20.8 Å². The normalized spacial score (nSPS) is 24.9. The Morgan fingerprint density at radius 2 is 1.57 bits per heavy atom. The van der Waals surface area contributed by atoms with Crippen molar-refractivity contribution in [2.45, 2.75) is 79.1 Å². The predicted octanol–water partition coefficient (Wildman–Crippen LogP) is 2.69. The number of amides is 1. The molecule has 10 heteroatoms. The van der Waals surface area contributed by atoms with Crippen molar-refractivity contribution in [2.24, 2.45) is 0 Å². The lowest BCUT2D eigenvalue weighted by Crippen LogP contribution is -2.48. The number of nitrogens with zero attached hydrogens (tertiary/aromatic N) is 1. The van der Waals surface area contributed by atoms with Gasteiger partial charge in [0.15, 0.2) is 0 Å². The van der Waals surface area contributed by atoms with E-state index in [1.54, 1.807) is 21.1 Å². The highest BCUT2D eigenvalue weighted by Gasteiger charge is 2.35. The van der Waals surface area contributed by atoms with Gasteiger partial charge in [0.2, 0.25) is 0 Å². The summed E-state index contributed by atoms with van der Waals surface area (Å²) in [5.74, 6) is 0. The molecule has 0 aliphatic carbocycles. The van der Waals surface area contributed by atoms with Gasteiger partial charge in [0.25, 0.3) is 0 Å². The van der Waals surface area contributed by atoms with E-state index in [1.807, 2.05) is 20.8 Å². The maximum Gasteiger partial charge on any atom is 0.410 e. The second kappa shape index (κ2) is 20.1. The minimum absolute atomic E-state index is 0. The summed E-state index contributed by atoms with van der Waals surface area (Å²) in [5.41, 5.74) is -2.37. The molecule has 2 heterocycles. The molecule has 0 spiro atoms. The molecule has 214 valence electrons. The largest absolute Gasteiger partial charge is 0.444 e. The van der Waals surface area contributed by atoms with Gasteiger partial charge in [-0.3, -0.25) is 0 Å². The maximum absolute atomic E-state index is 12.0. The third-order valence-electron chi connectivity index (χ3n) is 4.80. The molecule has 10 nitrogen and oxygen atoms in total. The highest BCUT2D eigenvalue weighted by atomic mass is 16.6. The molecule has 0 aromatic carbocycles. The number of β-amino-alcohol motifs (C(OH)–C–C–N with tert-alkyl or cyclic N) is 2. The fraction of sp³-hybridized carbons (Fsp3) is 0.960. The van der Waals surface area contributed by atoms with Crippen molar-refractivity contribution >= 4 is 6.09 Å². The van der Waals surface area contributed by atoms with Gasteiger partial charge in [-0.15, -0.1) is 0 Å². The molecule has 0 radical (unpaired) electrons. The van der Waals surface area contributed by atoms with Gasteiger partial charge in [0.05, 0.1) is 33.0 Å². The second-order valence-corrected chi connectivity index (χ2v) is 9.12. The summed E-state index contributed by atoms with van der Waals surface area (Å²) < 4.78 is 32.0. The Labute approximate surface area is 216 Å². The third kappa shape index (κ3) is 18.0. The van der Waals surface area contributed by atoms with E-state index >= 15 is 0 Å².